The molecule has 12 nitrogen and oxygen atoms in total. The molecule has 0 unspecified atom stereocenters. The number of hydrogen-bond donors (Lipinski definition) is 4. The number of aliphatic hydroxyl groups is 1. The Morgan fingerprint density at radius 3 is 2.49 bits per heavy atom. The summed E-state index contributed by atoms with van der Waals surface area (Å²) in [6.45, 7) is 12.2. The van der Waals surface area contributed by atoms with Gasteiger partial charge in [-0.15, -0.1) is 0 Å². The number of pyridine rings is 1. The van der Waals surface area contributed by atoms with Crippen LogP contribution in [0.5, 0.6) is 0 Å². The molecule has 12 heteroatoms. The van der Waals surface area contributed by atoms with E-state index < -0.39 is 17.5 Å². The maximum Gasteiger partial charge on any atom is 0.310 e. The summed E-state index contributed by atoms with van der Waals surface area (Å²) in [6, 6.07) is 20.1. The minimum absolute atomic E-state index is 0.395. The number of hydrogen-bond acceptors (Lipinski definition) is 11. The maximum absolute atomic E-state index is 11.8. The Hall–Kier alpha value is -5.74. The van der Waals surface area contributed by atoms with Crippen LogP contribution in [0.2, 0.25) is 0 Å². The molecule has 3 aromatic heterocycles. The van der Waals surface area contributed by atoms with Crippen molar-refractivity contribution in [3.63, 3.8) is 0 Å². The van der Waals surface area contributed by atoms with Crippen molar-refractivity contribution >= 4 is 39.6 Å². The lowest BCUT2D eigenvalue weighted by Gasteiger charge is -2.20. The Labute approximate surface area is 307 Å². The smallest absolute Gasteiger partial charge is 0.310 e. The van der Waals surface area contributed by atoms with Crippen molar-refractivity contribution in [2.45, 2.75) is 60.2 Å². The molecule has 6 aromatic rings. The normalized spacial score (nSPS) is 16.6. The van der Waals surface area contributed by atoms with Crippen molar-refractivity contribution in [2.75, 3.05) is 25.0 Å². The Bertz CT molecular complexity index is 2420. The molecule has 4 heterocycles. The SMILES string of the molecule is Cc1nc(Nc2cccc(-c3cccc(-c4nc5cc(CN6CC[C@@](C)(C(=O)O)C6)cc(C#N)c5o4)c3C)c2C)c2ncc(CNC[C@H](C)O)cc2n1. The third-order valence-corrected chi connectivity index (χ3v) is 10.1. The summed E-state index contributed by atoms with van der Waals surface area (Å²) in [5, 5.41) is 36.0. The van der Waals surface area contributed by atoms with Gasteiger partial charge in [0, 0.05) is 43.6 Å². The number of aromatic nitrogens is 4. The van der Waals surface area contributed by atoms with E-state index in [4.69, 9.17) is 19.4 Å². The molecule has 53 heavy (non-hydrogen) atoms. The van der Waals surface area contributed by atoms with E-state index in [-0.39, 0.29) is 0 Å². The molecular formula is C41H42N8O4. The fraction of sp³-hybridized carbons (Fsp3) is 0.317. The van der Waals surface area contributed by atoms with E-state index in [0.29, 0.717) is 78.9 Å². The van der Waals surface area contributed by atoms with E-state index in [9.17, 15) is 20.3 Å². The van der Waals surface area contributed by atoms with Gasteiger partial charge in [-0.25, -0.2) is 15.0 Å². The zero-order valence-corrected chi connectivity index (χ0v) is 30.5. The molecule has 0 bridgehead atoms. The Balaban J connectivity index is 1.17. The van der Waals surface area contributed by atoms with Crippen LogP contribution in [-0.2, 0) is 17.9 Å². The van der Waals surface area contributed by atoms with Gasteiger partial charge in [0.15, 0.2) is 11.4 Å². The number of likely N-dealkylation sites (tertiary alicyclic amines) is 1. The maximum atomic E-state index is 11.8. The molecule has 0 aliphatic carbocycles. The lowest BCUT2D eigenvalue weighted by Crippen LogP contribution is -2.31. The number of oxazole rings is 1. The summed E-state index contributed by atoms with van der Waals surface area (Å²) in [7, 11) is 0. The first kappa shape index (κ1) is 35.7. The zero-order valence-electron chi connectivity index (χ0n) is 30.5. The number of aliphatic hydroxyl groups excluding tert-OH is 1. The van der Waals surface area contributed by atoms with E-state index >= 15 is 0 Å². The first-order chi connectivity index (χ1) is 25.4. The van der Waals surface area contributed by atoms with Crippen LogP contribution in [0.1, 0.15) is 53.9 Å². The molecule has 7 rings (SSSR count). The third kappa shape index (κ3) is 7.19. The van der Waals surface area contributed by atoms with Gasteiger partial charge in [0.05, 0.1) is 22.6 Å². The minimum Gasteiger partial charge on any atom is -0.481 e. The highest BCUT2D eigenvalue weighted by molar-refractivity contribution is 5.90. The fourth-order valence-corrected chi connectivity index (χ4v) is 7.14. The Morgan fingerprint density at radius 1 is 1.02 bits per heavy atom. The van der Waals surface area contributed by atoms with Crippen LogP contribution in [0.4, 0.5) is 11.5 Å². The molecule has 1 aliphatic rings. The summed E-state index contributed by atoms with van der Waals surface area (Å²) in [5.74, 6) is 0.872. The van der Waals surface area contributed by atoms with Crippen molar-refractivity contribution in [1.29, 1.82) is 5.26 Å². The standard InChI is InChI=1S/C41H42N8O4/c1-23(50)18-43-19-28-16-34-36(44-20-28)38(46-26(4)45-34)47-33-11-7-9-31(25(33)3)30-8-6-10-32(24(30)2)39-48-35-15-27(14-29(17-42)37(35)53-39)21-49-13-12-41(5,22-49)40(51)52/h6-11,14-16,20,23,43,50H,12-13,18-19,21-22H2,1-5H3,(H,51,52)(H,45,46,47)/t23-,41+/m0/s1. The Morgan fingerprint density at radius 2 is 1.75 bits per heavy atom. The van der Waals surface area contributed by atoms with Crippen molar-refractivity contribution < 1.29 is 19.4 Å². The number of rotatable bonds is 11. The highest BCUT2D eigenvalue weighted by Gasteiger charge is 2.40. The number of fused-ring (bicyclic) bond motifs is 2. The molecule has 0 saturated carbocycles. The highest BCUT2D eigenvalue weighted by Crippen LogP contribution is 2.38. The number of anilines is 2. The van der Waals surface area contributed by atoms with Crippen LogP contribution < -0.4 is 10.6 Å². The van der Waals surface area contributed by atoms with E-state index in [1.165, 1.54) is 0 Å². The summed E-state index contributed by atoms with van der Waals surface area (Å²) in [6.07, 6.45) is 1.95. The van der Waals surface area contributed by atoms with Gasteiger partial charge in [-0.1, -0.05) is 24.3 Å². The lowest BCUT2D eigenvalue weighted by molar-refractivity contribution is -0.147. The van der Waals surface area contributed by atoms with Crippen molar-refractivity contribution in [3.05, 3.63) is 94.4 Å². The van der Waals surface area contributed by atoms with Crippen LogP contribution in [0.25, 0.3) is 44.7 Å². The van der Waals surface area contributed by atoms with Gasteiger partial charge in [-0.3, -0.25) is 14.7 Å². The lowest BCUT2D eigenvalue weighted by atomic mass is 9.90. The molecule has 1 fully saturated rings. The summed E-state index contributed by atoms with van der Waals surface area (Å²) in [5.41, 5.74) is 9.62. The predicted molar refractivity (Wildman–Crippen MR) is 203 cm³/mol. The van der Waals surface area contributed by atoms with Crippen molar-refractivity contribution in [2.24, 2.45) is 5.41 Å². The number of carboxylic acid groups (broad SMARTS) is 1. The Kier molecular flexibility index (Phi) is 9.65. The molecule has 0 spiro atoms. The van der Waals surface area contributed by atoms with Crippen LogP contribution in [0, 0.1) is 37.5 Å². The fourth-order valence-electron chi connectivity index (χ4n) is 7.14. The van der Waals surface area contributed by atoms with Crippen molar-refractivity contribution in [1.82, 2.24) is 30.2 Å². The second kappa shape index (κ2) is 14.4. The second-order valence-corrected chi connectivity index (χ2v) is 14.3. The van der Waals surface area contributed by atoms with E-state index in [0.717, 1.165) is 50.1 Å². The molecule has 2 atom stereocenters. The molecule has 1 aliphatic heterocycles. The van der Waals surface area contributed by atoms with Gasteiger partial charge in [0.25, 0.3) is 0 Å². The summed E-state index contributed by atoms with van der Waals surface area (Å²) in [4.78, 5) is 32.8. The number of nitrogens with one attached hydrogen (secondary N) is 2. The van der Waals surface area contributed by atoms with Gasteiger partial charge >= 0.3 is 5.97 Å². The summed E-state index contributed by atoms with van der Waals surface area (Å²) < 4.78 is 6.29. The van der Waals surface area contributed by atoms with Crippen LogP contribution >= 0.6 is 0 Å². The third-order valence-electron chi connectivity index (χ3n) is 10.1. The van der Waals surface area contributed by atoms with Crippen LogP contribution in [0.3, 0.4) is 0 Å². The minimum atomic E-state index is -0.787. The molecular weight excluding hydrogens is 669 g/mol. The van der Waals surface area contributed by atoms with Gasteiger partial charge in [0.2, 0.25) is 5.89 Å². The summed E-state index contributed by atoms with van der Waals surface area (Å²) >= 11 is 0. The molecule has 270 valence electrons. The van der Waals surface area contributed by atoms with Gasteiger partial charge in [0.1, 0.15) is 22.9 Å². The van der Waals surface area contributed by atoms with E-state index in [1.54, 1.807) is 20.0 Å². The molecule has 4 N–H and O–H groups in total. The van der Waals surface area contributed by atoms with E-state index in [1.807, 2.05) is 56.3 Å². The van der Waals surface area contributed by atoms with E-state index in [2.05, 4.69) is 45.6 Å². The average Bonchev–Trinajstić information content (AvgIpc) is 3.72. The highest BCUT2D eigenvalue weighted by atomic mass is 16.4. The first-order valence-electron chi connectivity index (χ1n) is 17.7. The largest absolute Gasteiger partial charge is 0.481 e. The molecule has 0 radical (unpaired) electrons. The van der Waals surface area contributed by atoms with Gasteiger partial charge in [-0.2, -0.15) is 5.26 Å². The van der Waals surface area contributed by atoms with Crippen LogP contribution in [0.15, 0.2) is 65.2 Å². The average molecular weight is 711 g/mol. The monoisotopic (exact) mass is 710 g/mol. The van der Waals surface area contributed by atoms with Crippen molar-refractivity contribution in [3.8, 4) is 28.7 Å². The topological polar surface area (TPSA) is 173 Å². The molecule has 0 amide bonds. The van der Waals surface area contributed by atoms with Gasteiger partial charge in [-0.05, 0) is 111 Å². The number of benzene rings is 3. The predicted octanol–water partition coefficient (Wildman–Crippen LogP) is 6.81. The first-order valence-corrected chi connectivity index (χ1v) is 17.7. The number of carbonyl (C=O) groups is 1. The molecule has 3 aromatic carbocycles. The quantitative estimate of drug-likeness (QED) is 0.111. The van der Waals surface area contributed by atoms with Crippen LogP contribution in [-0.4, -0.2) is 66.8 Å². The number of carboxylic acids is 1. The zero-order chi connectivity index (χ0) is 37.4. The van der Waals surface area contributed by atoms with Gasteiger partial charge < -0.3 is 25.3 Å². The number of nitriles is 1. The number of nitrogens with zero attached hydrogens (tertiary/aromatic N) is 6. The molecule has 1 saturated heterocycles. The number of aryl methyl sites for hydroxylation is 1. The number of aliphatic carboxylic acids is 1. The second-order valence-electron chi connectivity index (χ2n) is 14.3.